The third-order valence-electron chi connectivity index (χ3n) is 3.44. The first-order valence-corrected chi connectivity index (χ1v) is 9.65. The third-order valence-corrected chi connectivity index (χ3v) is 6.08. The molecule has 0 saturated carbocycles. The number of thiazole rings is 1. The minimum Gasteiger partial charge on any atom is -0.493 e. The first-order valence-electron chi connectivity index (χ1n) is 6.88. The number of nitrogens with zero attached hydrogens (tertiary/aromatic N) is 1. The Morgan fingerprint density at radius 1 is 1.33 bits per heavy atom. The van der Waals surface area contributed by atoms with Crippen molar-refractivity contribution in [1.29, 1.82) is 5.41 Å². The predicted octanol–water partition coefficient (Wildman–Crippen LogP) is 4.18. The maximum absolute atomic E-state index is 12.7. The van der Waals surface area contributed by atoms with Crippen LogP contribution in [0.4, 0.5) is 0 Å². The van der Waals surface area contributed by atoms with Crippen LogP contribution in [0.2, 0.25) is 0 Å². The second-order valence-electron chi connectivity index (χ2n) is 4.88. The molecule has 24 heavy (non-hydrogen) atoms. The van der Waals surface area contributed by atoms with Crippen molar-refractivity contribution in [2.45, 2.75) is 5.92 Å². The van der Waals surface area contributed by atoms with Crippen LogP contribution in [0.15, 0.2) is 28.6 Å². The summed E-state index contributed by atoms with van der Waals surface area (Å²) in [5.41, 5.74) is 0.834. The Kier molecular flexibility index (Phi) is 5.26. The van der Waals surface area contributed by atoms with E-state index in [1.165, 1.54) is 23.1 Å². The van der Waals surface area contributed by atoms with Crippen molar-refractivity contribution >= 4 is 62.6 Å². The number of halogens is 1. The number of Topliss-reactive ketones (excluding diaryl/α,β-unsaturated/α-hetero) is 1. The number of ether oxygens (including phenoxy) is 2. The Morgan fingerprint density at radius 2 is 2.12 bits per heavy atom. The molecule has 0 amide bonds. The number of allylic oxidation sites excluding steroid dienone is 1. The van der Waals surface area contributed by atoms with Crippen LogP contribution >= 0.6 is 45.7 Å². The molecule has 1 aromatic heterocycles. The lowest BCUT2D eigenvalue weighted by molar-refractivity contribution is -0.114. The van der Waals surface area contributed by atoms with Gasteiger partial charge in [0.15, 0.2) is 17.3 Å². The maximum atomic E-state index is 12.7. The summed E-state index contributed by atoms with van der Waals surface area (Å²) in [5, 5.41) is 10.9. The van der Waals surface area contributed by atoms with E-state index >= 15 is 0 Å². The van der Waals surface area contributed by atoms with Gasteiger partial charge in [0.2, 0.25) is 0 Å². The van der Waals surface area contributed by atoms with E-state index in [2.05, 4.69) is 27.6 Å². The van der Waals surface area contributed by atoms with E-state index in [0.29, 0.717) is 26.5 Å². The normalized spacial score (nSPS) is 19.1. The SMILES string of the molecule is COc1cc(/C=C2\SC(=N)[C@@H](c3nccs3)C2=O)cc(I)c1OC. The molecule has 1 N–H and O–H groups in total. The summed E-state index contributed by atoms with van der Waals surface area (Å²) in [7, 11) is 3.17. The van der Waals surface area contributed by atoms with Gasteiger partial charge in [0.1, 0.15) is 10.9 Å². The van der Waals surface area contributed by atoms with Gasteiger partial charge in [-0.25, -0.2) is 4.98 Å². The number of hydrogen-bond donors (Lipinski definition) is 1. The van der Waals surface area contributed by atoms with Gasteiger partial charge in [-0.05, 0) is 46.4 Å². The number of aromatic nitrogens is 1. The average molecular weight is 472 g/mol. The molecule has 1 fully saturated rings. The third kappa shape index (κ3) is 3.22. The second kappa shape index (κ2) is 7.24. The molecule has 0 unspecified atom stereocenters. The highest BCUT2D eigenvalue weighted by Crippen LogP contribution is 2.42. The van der Waals surface area contributed by atoms with E-state index < -0.39 is 5.92 Å². The molecule has 8 heteroatoms. The standard InChI is InChI=1S/C16H13IN2O3S2/c1-21-10-6-8(5-9(17)14(10)22-2)7-11-13(20)12(15(18)24-11)16-19-3-4-23-16/h3-7,12,18H,1-2H3/b11-7-,18-15?/t12-/m0/s1. The number of carbonyl (C=O) groups excluding carboxylic acids is 1. The molecule has 1 aliphatic heterocycles. The van der Waals surface area contributed by atoms with Crippen LogP contribution in [0.25, 0.3) is 6.08 Å². The summed E-state index contributed by atoms with van der Waals surface area (Å²) >= 11 is 4.76. The Labute approximate surface area is 161 Å². The lowest BCUT2D eigenvalue weighted by atomic mass is 10.0. The van der Waals surface area contributed by atoms with Gasteiger partial charge in [-0.15, -0.1) is 11.3 Å². The molecule has 0 spiro atoms. The second-order valence-corrected chi connectivity index (χ2v) is 8.05. The van der Waals surface area contributed by atoms with Crippen molar-refractivity contribution in [3.8, 4) is 11.5 Å². The summed E-state index contributed by atoms with van der Waals surface area (Å²) in [4.78, 5) is 17.4. The van der Waals surface area contributed by atoms with Crippen molar-refractivity contribution < 1.29 is 14.3 Å². The van der Waals surface area contributed by atoms with E-state index in [9.17, 15) is 4.79 Å². The van der Waals surface area contributed by atoms with Crippen LogP contribution in [-0.4, -0.2) is 30.0 Å². The van der Waals surface area contributed by atoms with Gasteiger partial charge in [-0.1, -0.05) is 11.8 Å². The first kappa shape index (κ1) is 17.4. The molecule has 1 saturated heterocycles. The van der Waals surface area contributed by atoms with Crippen LogP contribution < -0.4 is 9.47 Å². The minimum absolute atomic E-state index is 0.0789. The lowest BCUT2D eigenvalue weighted by Gasteiger charge is -2.10. The number of nitrogens with one attached hydrogen (secondary N) is 1. The summed E-state index contributed by atoms with van der Waals surface area (Å²) in [5.74, 6) is 0.627. The van der Waals surface area contributed by atoms with Gasteiger partial charge in [0.25, 0.3) is 0 Å². The molecule has 2 aromatic rings. The van der Waals surface area contributed by atoms with E-state index in [1.807, 2.05) is 17.5 Å². The van der Waals surface area contributed by atoms with Crippen LogP contribution in [0.1, 0.15) is 16.5 Å². The van der Waals surface area contributed by atoms with Gasteiger partial charge in [-0.2, -0.15) is 0 Å². The number of methoxy groups -OCH3 is 2. The maximum Gasteiger partial charge on any atom is 0.186 e. The van der Waals surface area contributed by atoms with Gasteiger partial charge in [0, 0.05) is 11.6 Å². The zero-order chi connectivity index (χ0) is 17.3. The number of carbonyl (C=O) groups is 1. The Balaban J connectivity index is 1.96. The molecular formula is C16H13IN2O3S2. The number of rotatable bonds is 4. The fraction of sp³-hybridized carbons (Fsp3) is 0.188. The molecule has 2 heterocycles. The number of hydrogen-bond acceptors (Lipinski definition) is 7. The molecule has 0 aliphatic carbocycles. The topological polar surface area (TPSA) is 72.3 Å². The Hall–Kier alpha value is -1.39. The smallest absolute Gasteiger partial charge is 0.186 e. The molecular weight excluding hydrogens is 459 g/mol. The summed E-state index contributed by atoms with van der Waals surface area (Å²) in [6, 6.07) is 3.74. The molecule has 0 bridgehead atoms. The summed E-state index contributed by atoms with van der Waals surface area (Å²) in [6.45, 7) is 0. The van der Waals surface area contributed by atoms with Gasteiger partial charge in [0.05, 0.1) is 27.7 Å². The Bertz CT molecular complexity index is 834. The molecule has 5 nitrogen and oxygen atoms in total. The van der Waals surface area contributed by atoms with Crippen LogP contribution in [0, 0.1) is 8.98 Å². The highest BCUT2D eigenvalue weighted by atomic mass is 127. The van der Waals surface area contributed by atoms with Gasteiger partial charge >= 0.3 is 0 Å². The van der Waals surface area contributed by atoms with Gasteiger partial charge < -0.3 is 9.47 Å². The fourth-order valence-corrected chi connectivity index (χ4v) is 5.01. The molecule has 1 aliphatic rings. The van der Waals surface area contributed by atoms with Crippen LogP contribution in [-0.2, 0) is 4.79 Å². The monoisotopic (exact) mass is 472 g/mol. The largest absolute Gasteiger partial charge is 0.493 e. The van der Waals surface area contributed by atoms with Crippen LogP contribution in [0.3, 0.4) is 0 Å². The fourth-order valence-electron chi connectivity index (χ4n) is 2.36. The predicted molar refractivity (Wildman–Crippen MR) is 105 cm³/mol. The molecule has 1 atom stereocenters. The van der Waals surface area contributed by atoms with Crippen molar-refractivity contribution in [2.75, 3.05) is 14.2 Å². The zero-order valence-corrected chi connectivity index (χ0v) is 16.6. The Morgan fingerprint density at radius 3 is 2.75 bits per heavy atom. The quantitative estimate of drug-likeness (QED) is 0.534. The van der Waals surface area contributed by atoms with Crippen molar-refractivity contribution in [1.82, 2.24) is 4.98 Å². The van der Waals surface area contributed by atoms with E-state index in [1.54, 1.807) is 26.5 Å². The number of benzene rings is 1. The summed E-state index contributed by atoms with van der Waals surface area (Å²) < 4.78 is 11.6. The summed E-state index contributed by atoms with van der Waals surface area (Å²) in [6.07, 6.45) is 3.45. The first-order chi connectivity index (χ1) is 11.5. The van der Waals surface area contributed by atoms with Crippen molar-refractivity contribution in [3.05, 3.63) is 42.8 Å². The van der Waals surface area contributed by atoms with E-state index in [-0.39, 0.29) is 5.78 Å². The highest BCUT2D eigenvalue weighted by molar-refractivity contribution is 14.1. The molecule has 3 rings (SSSR count). The van der Waals surface area contributed by atoms with Crippen molar-refractivity contribution in [3.63, 3.8) is 0 Å². The average Bonchev–Trinajstić information content (AvgIpc) is 3.15. The van der Waals surface area contributed by atoms with E-state index in [4.69, 9.17) is 14.9 Å². The highest BCUT2D eigenvalue weighted by Gasteiger charge is 2.38. The number of thioether (sulfide) groups is 1. The van der Waals surface area contributed by atoms with Gasteiger partial charge in [-0.3, -0.25) is 10.2 Å². The minimum atomic E-state index is -0.569. The molecule has 0 radical (unpaired) electrons. The lowest BCUT2D eigenvalue weighted by Crippen LogP contribution is -2.11. The van der Waals surface area contributed by atoms with Crippen LogP contribution in [0.5, 0.6) is 11.5 Å². The number of ketones is 1. The molecule has 1 aromatic carbocycles. The zero-order valence-electron chi connectivity index (χ0n) is 12.8. The van der Waals surface area contributed by atoms with E-state index in [0.717, 1.165) is 9.13 Å². The molecule has 124 valence electrons. The van der Waals surface area contributed by atoms with Crippen molar-refractivity contribution in [2.24, 2.45) is 0 Å².